The molecule has 1 saturated heterocycles. The Morgan fingerprint density at radius 2 is 1.72 bits per heavy atom. The van der Waals surface area contributed by atoms with Crippen LogP contribution in [-0.2, 0) is 25.4 Å². The fraction of sp³-hybridized carbons (Fsp3) is 0.500. The Morgan fingerprint density at radius 3 is 2.35 bits per heavy atom. The number of nitrogens with two attached hydrogens (primary N) is 1. The Balaban J connectivity index is 1.45. The number of carbonyl (C=O) groups excluding carboxylic acids is 4. The normalized spacial score (nSPS) is 26.8. The van der Waals surface area contributed by atoms with Gasteiger partial charge in [-0.3, -0.25) is 14.4 Å². The van der Waals surface area contributed by atoms with Crippen molar-refractivity contribution in [3.8, 4) is 11.5 Å². The van der Waals surface area contributed by atoms with Crippen molar-refractivity contribution in [2.75, 3.05) is 19.7 Å². The summed E-state index contributed by atoms with van der Waals surface area (Å²) >= 11 is 0. The van der Waals surface area contributed by atoms with Gasteiger partial charge in [-0.05, 0) is 13.3 Å². The highest BCUT2D eigenvalue weighted by molar-refractivity contribution is 6.30. The molecule has 0 aromatic heterocycles. The smallest absolute Gasteiger partial charge is 0.407 e. The van der Waals surface area contributed by atoms with Gasteiger partial charge in [-0.2, -0.15) is 0 Å². The molecule has 2 aromatic carbocycles. The van der Waals surface area contributed by atoms with Crippen molar-refractivity contribution in [3.63, 3.8) is 0 Å². The van der Waals surface area contributed by atoms with E-state index in [1.54, 1.807) is 19.1 Å². The fourth-order valence-electron chi connectivity index (χ4n) is 6.22. The first-order valence-electron chi connectivity index (χ1n) is 15.3. The van der Waals surface area contributed by atoms with Gasteiger partial charge in [0.2, 0.25) is 5.91 Å². The van der Waals surface area contributed by atoms with E-state index in [4.69, 9.17) is 19.9 Å². The SMILES string of the molecule is CCCNC(=O)CCNC(=O)OC[C@]1(O)Cc2c(O)c3c(c(O)c2[C@@H](O[C@H]2C[C@H](N)[C@@H](O)[C@H](C)O2)C1)C(=O)c1ccccc1C3=O. The maximum absolute atomic E-state index is 13.5. The molecule has 2 aromatic rings. The Hall–Kier alpha value is -4.08. The predicted octanol–water partition coefficient (Wildman–Crippen LogP) is 1.07. The third kappa shape index (κ3) is 6.44. The quantitative estimate of drug-likeness (QED) is 0.163. The number of ketones is 2. The van der Waals surface area contributed by atoms with E-state index >= 15 is 0 Å². The summed E-state index contributed by atoms with van der Waals surface area (Å²) in [5, 5.41) is 50.2. The van der Waals surface area contributed by atoms with Crippen LogP contribution in [0.4, 0.5) is 4.79 Å². The Kier molecular flexibility index (Phi) is 9.65. The zero-order chi connectivity index (χ0) is 33.3. The molecule has 8 N–H and O–H groups in total. The number of aliphatic hydroxyl groups excluding tert-OH is 1. The van der Waals surface area contributed by atoms with E-state index in [0.29, 0.717) is 6.54 Å². The molecule has 14 nitrogen and oxygen atoms in total. The third-order valence-electron chi connectivity index (χ3n) is 8.59. The first-order valence-corrected chi connectivity index (χ1v) is 15.3. The van der Waals surface area contributed by atoms with Gasteiger partial charge in [0.25, 0.3) is 0 Å². The minimum absolute atomic E-state index is 0.0108. The Labute approximate surface area is 264 Å². The third-order valence-corrected chi connectivity index (χ3v) is 8.59. The highest BCUT2D eigenvalue weighted by Crippen LogP contribution is 2.51. The monoisotopic (exact) mass is 641 g/mol. The number of hydrogen-bond donors (Lipinski definition) is 7. The van der Waals surface area contributed by atoms with Crippen LogP contribution in [0, 0.1) is 0 Å². The van der Waals surface area contributed by atoms with Crippen molar-refractivity contribution in [2.45, 2.75) is 82.2 Å². The number of nitrogens with one attached hydrogen (secondary N) is 2. The number of fused-ring (bicyclic) bond motifs is 3. The standard InChI is InChI=1S/C32H39N3O11/c1-3-9-34-21(36)8-10-35-31(42)44-14-32(43)12-18-23(20(13-32)46-22-11-19(33)26(37)15(2)45-22)30(41)25-24(29(18)40)27(38)16-6-4-5-7-17(16)28(25)39/h4-7,15,19-20,22,26,37,40-41,43H,3,8-14,33H2,1-2H3,(H,34,36)(H,35,42)/t15-,19-,20-,22-,26-,32-/m0/s1. The van der Waals surface area contributed by atoms with Crippen LogP contribution in [0.1, 0.15) is 88.6 Å². The minimum Gasteiger partial charge on any atom is -0.507 e. The van der Waals surface area contributed by atoms with Crippen LogP contribution < -0.4 is 16.4 Å². The van der Waals surface area contributed by atoms with E-state index in [-0.39, 0.29) is 66.0 Å². The molecule has 1 heterocycles. The van der Waals surface area contributed by atoms with E-state index in [0.717, 1.165) is 6.42 Å². The molecule has 1 aliphatic heterocycles. The zero-order valence-corrected chi connectivity index (χ0v) is 25.6. The van der Waals surface area contributed by atoms with Gasteiger partial charge in [0.05, 0.1) is 29.4 Å². The van der Waals surface area contributed by atoms with Gasteiger partial charge in [-0.1, -0.05) is 31.2 Å². The number of aromatic hydroxyl groups is 2. The van der Waals surface area contributed by atoms with Crippen molar-refractivity contribution in [1.82, 2.24) is 10.6 Å². The van der Waals surface area contributed by atoms with E-state index in [1.807, 2.05) is 6.92 Å². The number of ether oxygens (including phenoxy) is 3. The average molecular weight is 642 g/mol. The van der Waals surface area contributed by atoms with E-state index < -0.39 is 77.6 Å². The van der Waals surface area contributed by atoms with Crippen LogP contribution in [0.5, 0.6) is 11.5 Å². The number of alkyl carbamates (subject to hydrolysis) is 1. The summed E-state index contributed by atoms with van der Waals surface area (Å²) in [6, 6.07) is 5.32. The lowest BCUT2D eigenvalue weighted by Crippen LogP contribution is -2.52. The number of aliphatic hydroxyl groups is 2. The number of carbonyl (C=O) groups is 4. The van der Waals surface area contributed by atoms with Gasteiger partial charge in [0.1, 0.15) is 23.7 Å². The van der Waals surface area contributed by atoms with Crippen molar-refractivity contribution in [2.24, 2.45) is 5.73 Å². The average Bonchev–Trinajstić information content (AvgIpc) is 3.02. The number of amides is 2. The zero-order valence-electron chi connectivity index (χ0n) is 25.6. The predicted molar refractivity (Wildman–Crippen MR) is 160 cm³/mol. The van der Waals surface area contributed by atoms with Gasteiger partial charge in [-0.25, -0.2) is 4.79 Å². The summed E-state index contributed by atoms with van der Waals surface area (Å²) in [4.78, 5) is 51.3. The van der Waals surface area contributed by atoms with Crippen LogP contribution in [0.2, 0.25) is 0 Å². The molecule has 1 fully saturated rings. The summed E-state index contributed by atoms with van der Waals surface area (Å²) in [7, 11) is 0. The lowest BCUT2D eigenvalue weighted by atomic mass is 9.73. The Morgan fingerprint density at radius 1 is 1.07 bits per heavy atom. The van der Waals surface area contributed by atoms with Crippen LogP contribution in [0.25, 0.3) is 0 Å². The molecule has 0 bridgehead atoms. The van der Waals surface area contributed by atoms with Gasteiger partial charge in [0.15, 0.2) is 17.9 Å². The number of phenolic OH excluding ortho intramolecular Hbond substituents is 2. The van der Waals surface area contributed by atoms with E-state index in [1.165, 1.54) is 12.1 Å². The van der Waals surface area contributed by atoms with Gasteiger partial charge >= 0.3 is 6.09 Å². The van der Waals surface area contributed by atoms with Crippen LogP contribution >= 0.6 is 0 Å². The van der Waals surface area contributed by atoms with Crippen molar-refractivity contribution >= 4 is 23.6 Å². The van der Waals surface area contributed by atoms with Crippen molar-refractivity contribution < 1.29 is 53.8 Å². The molecule has 0 saturated carbocycles. The summed E-state index contributed by atoms with van der Waals surface area (Å²) in [5.41, 5.74) is 3.42. The largest absolute Gasteiger partial charge is 0.507 e. The molecule has 5 rings (SSSR count). The molecule has 0 radical (unpaired) electrons. The molecule has 0 unspecified atom stereocenters. The van der Waals surface area contributed by atoms with E-state index in [2.05, 4.69) is 10.6 Å². The molecule has 46 heavy (non-hydrogen) atoms. The fourth-order valence-corrected chi connectivity index (χ4v) is 6.22. The summed E-state index contributed by atoms with van der Waals surface area (Å²) in [5.74, 6) is -2.80. The summed E-state index contributed by atoms with van der Waals surface area (Å²) in [6.07, 6.45) is -4.68. The molecule has 2 aliphatic carbocycles. The molecule has 6 atom stereocenters. The lowest BCUT2D eigenvalue weighted by molar-refractivity contribution is -0.248. The van der Waals surface area contributed by atoms with Gasteiger partial charge in [0, 0.05) is 67.1 Å². The first kappa shape index (κ1) is 33.3. The number of rotatable bonds is 9. The second-order valence-corrected chi connectivity index (χ2v) is 12.0. The second kappa shape index (κ2) is 13.3. The maximum atomic E-state index is 13.5. The lowest BCUT2D eigenvalue weighted by Gasteiger charge is -2.42. The summed E-state index contributed by atoms with van der Waals surface area (Å²) < 4.78 is 17.3. The second-order valence-electron chi connectivity index (χ2n) is 12.0. The van der Waals surface area contributed by atoms with Crippen molar-refractivity contribution in [1.29, 1.82) is 0 Å². The van der Waals surface area contributed by atoms with Crippen LogP contribution in [0.3, 0.4) is 0 Å². The van der Waals surface area contributed by atoms with E-state index in [9.17, 15) is 39.6 Å². The highest BCUT2D eigenvalue weighted by Gasteiger charge is 2.48. The molecule has 14 heteroatoms. The molecule has 3 aliphatic rings. The number of benzene rings is 2. The molecule has 2 amide bonds. The number of phenols is 2. The Bertz CT molecular complexity index is 1530. The van der Waals surface area contributed by atoms with Gasteiger partial charge in [-0.15, -0.1) is 0 Å². The topological polar surface area (TPSA) is 227 Å². The van der Waals surface area contributed by atoms with Crippen LogP contribution in [-0.4, -0.2) is 93.8 Å². The van der Waals surface area contributed by atoms with Crippen molar-refractivity contribution in [3.05, 3.63) is 57.6 Å². The summed E-state index contributed by atoms with van der Waals surface area (Å²) in [6.45, 7) is 3.42. The highest BCUT2D eigenvalue weighted by atomic mass is 16.7. The molecule has 0 spiro atoms. The molecule has 248 valence electrons. The minimum atomic E-state index is -1.88. The number of hydrogen-bond acceptors (Lipinski definition) is 12. The maximum Gasteiger partial charge on any atom is 0.407 e. The molecular formula is C32H39N3O11. The molecular weight excluding hydrogens is 602 g/mol. The van der Waals surface area contributed by atoms with Gasteiger partial charge < -0.3 is 51.0 Å². The first-order chi connectivity index (χ1) is 21.8. The van der Waals surface area contributed by atoms with Crippen LogP contribution in [0.15, 0.2) is 24.3 Å².